The molecule has 0 amide bonds. The zero-order valence-corrected chi connectivity index (χ0v) is 13.6. The van der Waals surface area contributed by atoms with E-state index in [1.807, 2.05) is 0 Å². The van der Waals surface area contributed by atoms with Crippen LogP contribution in [-0.4, -0.2) is 11.6 Å². The normalized spacial score (nSPS) is 42.8. The summed E-state index contributed by atoms with van der Waals surface area (Å²) in [6.45, 7) is 8.70. The van der Waals surface area contributed by atoms with Crippen molar-refractivity contribution in [2.75, 3.05) is 0 Å². The highest BCUT2D eigenvalue weighted by atomic mass is 16.6. The summed E-state index contributed by atoms with van der Waals surface area (Å²) < 4.78 is 6.11. The van der Waals surface area contributed by atoms with E-state index in [0.29, 0.717) is 18.3 Å². The highest BCUT2D eigenvalue weighted by Gasteiger charge is 2.57. The highest BCUT2D eigenvalue weighted by molar-refractivity contribution is 5.70. The third-order valence-electron chi connectivity index (χ3n) is 6.67. The van der Waals surface area contributed by atoms with Crippen molar-refractivity contribution in [2.45, 2.75) is 78.2 Å². The molecule has 0 radical (unpaired) electrons. The lowest BCUT2D eigenvalue weighted by Gasteiger charge is -2.59. The second-order valence-corrected chi connectivity index (χ2v) is 8.66. The Morgan fingerprint density at radius 1 is 1.10 bits per heavy atom. The third-order valence-corrected chi connectivity index (χ3v) is 6.67. The van der Waals surface area contributed by atoms with Crippen molar-refractivity contribution in [3.8, 4) is 0 Å². The van der Waals surface area contributed by atoms with E-state index in [1.165, 1.54) is 32.1 Å². The maximum atomic E-state index is 12.4. The van der Waals surface area contributed by atoms with E-state index < -0.39 is 0 Å². The van der Waals surface area contributed by atoms with Crippen molar-refractivity contribution in [3.05, 3.63) is 0 Å². The van der Waals surface area contributed by atoms with Crippen LogP contribution in [0.25, 0.3) is 0 Å². The van der Waals surface area contributed by atoms with Crippen molar-refractivity contribution < 1.29 is 9.53 Å². The lowest BCUT2D eigenvalue weighted by Crippen LogP contribution is -2.58. The number of rotatable bonds is 4. The van der Waals surface area contributed by atoms with Crippen LogP contribution in [0.15, 0.2) is 0 Å². The monoisotopic (exact) mass is 278 g/mol. The van der Waals surface area contributed by atoms with Crippen LogP contribution in [-0.2, 0) is 9.53 Å². The van der Waals surface area contributed by atoms with Crippen molar-refractivity contribution >= 4 is 5.97 Å². The second-order valence-electron chi connectivity index (χ2n) is 8.66. The van der Waals surface area contributed by atoms with Crippen molar-refractivity contribution in [1.82, 2.24) is 0 Å². The average molecular weight is 278 g/mol. The summed E-state index contributed by atoms with van der Waals surface area (Å²) in [5, 5.41) is 0. The van der Waals surface area contributed by atoms with Crippen LogP contribution < -0.4 is 0 Å². The highest BCUT2D eigenvalue weighted by Crippen LogP contribution is 2.59. The minimum atomic E-state index is -0.158. The molecule has 0 unspecified atom stereocenters. The van der Waals surface area contributed by atoms with E-state index in [4.69, 9.17) is 4.74 Å². The molecule has 0 N–H and O–H groups in total. The van der Waals surface area contributed by atoms with Crippen LogP contribution in [0, 0.1) is 29.1 Å². The number of hydrogen-bond donors (Lipinski definition) is 0. The molecule has 2 heteroatoms. The fraction of sp³-hybridized carbons (Fsp3) is 0.944. The molecule has 0 heterocycles. The van der Waals surface area contributed by atoms with Gasteiger partial charge in [0.05, 0.1) is 6.42 Å². The molecule has 0 spiro atoms. The number of hydrogen-bond acceptors (Lipinski definition) is 2. The maximum absolute atomic E-state index is 12.4. The number of ether oxygens (including phenoxy) is 1. The van der Waals surface area contributed by atoms with Gasteiger partial charge in [-0.3, -0.25) is 4.79 Å². The number of carbonyl (C=O) groups is 1. The fourth-order valence-corrected chi connectivity index (χ4v) is 5.08. The first-order chi connectivity index (χ1) is 9.32. The fourth-order valence-electron chi connectivity index (χ4n) is 5.08. The molecule has 20 heavy (non-hydrogen) atoms. The first-order valence-corrected chi connectivity index (χ1v) is 8.54. The molecule has 0 aliphatic heterocycles. The Bertz CT molecular complexity index is 368. The van der Waals surface area contributed by atoms with Gasteiger partial charge in [0.1, 0.15) is 5.60 Å². The summed E-state index contributed by atoms with van der Waals surface area (Å²) in [5.41, 5.74) is -0.0896. The van der Waals surface area contributed by atoms with Gasteiger partial charge in [-0.05, 0) is 68.1 Å². The molecule has 0 saturated heterocycles. The SMILES string of the molecule is CCC(C)(C)CC(=O)OC1(C)C2CC3CC(C2)CC1C3. The third kappa shape index (κ3) is 2.40. The van der Waals surface area contributed by atoms with E-state index in [0.717, 1.165) is 18.3 Å². The molecule has 2 nitrogen and oxygen atoms in total. The molecule has 4 aliphatic rings. The zero-order valence-electron chi connectivity index (χ0n) is 13.6. The molecule has 4 fully saturated rings. The molecule has 0 atom stereocenters. The average Bonchev–Trinajstić information content (AvgIpc) is 2.34. The summed E-state index contributed by atoms with van der Waals surface area (Å²) in [6.07, 6.45) is 8.23. The van der Waals surface area contributed by atoms with E-state index >= 15 is 0 Å². The van der Waals surface area contributed by atoms with Gasteiger partial charge in [-0.15, -0.1) is 0 Å². The van der Waals surface area contributed by atoms with Gasteiger partial charge >= 0.3 is 5.97 Å². The van der Waals surface area contributed by atoms with Gasteiger partial charge in [-0.25, -0.2) is 0 Å². The van der Waals surface area contributed by atoms with Crippen molar-refractivity contribution in [2.24, 2.45) is 29.1 Å². The Morgan fingerprint density at radius 2 is 1.60 bits per heavy atom. The predicted octanol–water partition coefficient (Wildman–Crippen LogP) is 4.57. The van der Waals surface area contributed by atoms with E-state index in [-0.39, 0.29) is 17.0 Å². The molecule has 4 rings (SSSR count). The Kier molecular flexibility index (Phi) is 3.42. The van der Waals surface area contributed by atoms with Crippen LogP contribution in [0.5, 0.6) is 0 Å². The van der Waals surface area contributed by atoms with Crippen molar-refractivity contribution in [3.63, 3.8) is 0 Å². The first-order valence-electron chi connectivity index (χ1n) is 8.54. The smallest absolute Gasteiger partial charge is 0.306 e. The van der Waals surface area contributed by atoms with Gasteiger partial charge in [0.2, 0.25) is 0 Å². The van der Waals surface area contributed by atoms with Gasteiger partial charge in [-0.1, -0.05) is 27.2 Å². The minimum Gasteiger partial charge on any atom is -0.459 e. The largest absolute Gasteiger partial charge is 0.459 e. The van der Waals surface area contributed by atoms with Gasteiger partial charge in [0, 0.05) is 0 Å². The molecule has 0 aromatic heterocycles. The van der Waals surface area contributed by atoms with Crippen LogP contribution in [0.2, 0.25) is 0 Å². The van der Waals surface area contributed by atoms with Crippen molar-refractivity contribution in [1.29, 1.82) is 0 Å². The van der Waals surface area contributed by atoms with Crippen LogP contribution in [0.3, 0.4) is 0 Å². The number of esters is 1. The molecular weight excluding hydrogens is 248 g/mol. The first kappa shape index (κ1) is 14.4. The van der Waals surface area contributed by atoms with Gasteiger partial charge in [-0.2, -0.15) is 0 Å². The summed E-state index contributed by atoms with van der Waals surface area (Å²) in [4.78, 5) is 12.4. The van der Waals surface area contributed by atoms with Gasteiger partial charge in [0.15, 0.2) is 0 Å². The molecule has 0 aromatic rings. The molecule has 0 aromatic carbocycles. The van der Waals surface area contributed by atoms with Crippen LogP contribution in [0.4, 0.5) is 0 Å². The lowest BCUT2D eigenvalue weighted by atomic mass is 9.50. The second kappa shape index (κ2) is 4.74. The minimum absolute atomic E-state index is 0.0341. The Hall–Kier alpha value is -0.530. The topological polar surface area (TPSA) is 26.3 Å². The van der Waals surface area contributed by atoms with Gasteiger partial charge < -0.3 is 4.74 Å². The van der Waals surface area contributed by atoms with Crippen LogP contribution in [0.1, 0.15) is 72.6 Å². The molecule has 4 aliphatic carbocycles. The van der Waals surface area contributed by atoms with E-state index in [1.54, 1.807) is 0 Å². The Morgan fingerprint density at radius 3 is 2.05 bits per heavy atom. The summed E-state index contributed by atoms with van der Waals surface area (Å²) in [6, 6.07) is 0. The zero-order chi connectivity index (χ0) is 14.5. The Balaban J connectivity index is 1.69. The summed E-state index contributed by atoms with van der Waals surface area (Å²) >= 11 is 0. The molecule has 4 bridgehead atoms. The lowest BCUT2D eigenvalue weighted by molar-refractivity contribution is -0.204. The standard InChI is InChI=1S/C18H30O2/c1-5-17(2,3)11-16(19)20-18(4)14-7-12-6-13(9-14)10-15(18)8-12/h12-15H,5-11H2,1-4H3. The van der Waals surface area contributed by atoms with Crippen LogP contribution >= 0.6 is 0 Å². The molecule has 4 saturated carbocycles. The summed E-state index contributed by atoms with van der Waals surface area (Å²) in [5.74, 6) is 3.15. The predicted molar refractivity (Wildman–Crippen MR) is 80.2 cm³/mol. The number of carbonyl (C=O) groups excluding carboxylic acids is 1. The maximum Gasteiger partial charge on any atom is 0.306 e. The van der Waals surface area contributed by atoms with E-state index in [2.05, 4.69) is 27.7 Å². The molecular formula is C18H30O2. The molecule has 114 valence electrons. The quantitative estimate of drug-likeness (QED) is 0.704. The van der Waals surface area contributed by atoms with Gasteiger partial charge in [0.25, 0.3) is 0 Å². The Labute approximate surface area is 123 Å². The van der Waals surface area contributed by atoms with E-state index in [9.17, 15) is 4.79 Å². The summed E-state index contributed by atoms with van der Waals surface area (Å²) in [7, 11) is 0.